The van der Waals surface area contributed by atoms with Crippen molar-refractivity contribution in [1.82, 2.24) is 72.7 Å². The molecule has 0 unspecified atom stereocenters. The van der Waals surface area contributed by atoms with Crippen molar-refractivity contribution in [3.8, 4) is 0 Å². The molecular weight excluding hydrogens is 875 g/mol. The highest BCUT2D eigenvalue weighted by Gasteiger charge is 2.14. The number of aromatic amines is 3. The molecule has 8 aromatic heterocycles. The topological polar surface area (TPSA) is 352 Å². The second-order valence-electron chi connectivity index (χ2n) is 14.9. The molecule has 8 rings (SSSR count). The summed E-state index contributed by atoms with van der Waals surface area (Å²) in [5.74, 6) is 2.97. The minimum Gasteiger partial charge on any atom is -0.383 e. The quantitative estimate of drug-likeness (QED) is 0.104. The molecule has 24 nitrogen and oxygen atoms in total. The predicted molar refractivity (Wildman–Crippen MR) is 267 cm³/mol. The van der Waals surface area contributed by atoms with Crippen molar-refractivity contribution >= 4 is 56.9 Å². The molecule has 0 spiro atoms. The zero-order valence-electron chi connectivity index (χ0n) is 40.6. The second kappa shape index (κ2) is 24.0. The minimum atomic E-state index is -0.334. The van der Waals surface area contributed by atoms with Gasteiger partial charge in [-0.2, -0.15) is 15.0 Å². The summed E-state index contributed by atoms with van der Waals surface area (Å²) in [6.07, 6.45) is 10.7. The lowest BCUT2D eigenvalue weighted by atomic mass is 10.2. The molecule has 0 amide bonds. The van der Waals surface area contributed by atoms with Gasteiger partial charge in [-0.1, -0.05) is 34.6 Å². The van der Waals surface area contributed by atoms with E-state index >= 15 is 0 Å². The van der Waals surface area contributed by atoms with Crippen molar-refractivity contribution in [3.05, 3.63) is 105 Å². The number of anilines is 4. The van der Waals surface area contributed by atoms with Crippen LogP contribution in [0.15, 0.2) is 48.9 Å². The lowest BCUT2D eigenvalue weighted by Crippen LogP contribution is -2.31. The van der Waals surface area contributed by atoms with Crippen molar-refractivity contribution in [1.29, 1.82) is 0 Å². The van der Waals surface area contributed by atoms with Gasteiger partial charge in [-0.15, -0.1) is 0 Å². The number of nitrogen functional groups attached to an aromatic ring is 4. The molecule has 0 saturated carbocycles. The number of nitrogens with one attached hydrogen (secondary N) is 3. The summed E-state index contributed by atoms with van der Waals surface area (Å²) in [6, 6.07) is 0. The maximum Gasteiger partial charge on any atom is 0.349 e. The highest BCUT2D eigenvalue weighted by Crippen LogP contribution is 2.19. The Morgan fingerprint density at radius 1 is 0.456 bits per heavy atom. The van der Waals surface area contributed by atoms with Gasteiger partial charge >= 0.3 is 11.4 Å². The smallest absolute Gasteiger partial charge is 0.349 e. The fourth-order valence-corrected chi connectivity index (χ4v) is 7.16. The molecule has 8 aromatic rings. The molecule has 0 fully saturated rings. The molecule has 0 aliphatic rings. The lowest BCUT2D eigenvalue weighted by molar-refractivity contribution is 0.682. The molecule has 0 aliphatic carbocycles. The third kappa shape index (κ3) is 11.9. The van der Waals surface area contributed by atoms with Gasteiger partial charge in [-0.3, -0.25) is 33.9 Å². The molecule has 0 aromatic carbocycles. The number of imidazole rings is 2. The van der Waals surface area contributed by atoms with E-state index in [1.54, 1.807) is 17.0 Å². The van der Waals surface area contributed by atoms with Gasteiger partial charge in [-0.05, 0) is 59.4 Å². The first-order chi connectivity index (χ1) is 32.5. The fourth-order valence-electron chi connectivity index (χ4n) is 7.16. The Kier molecular flexibility index (Phi) is 18.6. The van der Waals surface area contributed by atoms with Crippen LogP contribution in [0.25, 0.3) is 33.4 Å². The number of hydrogen-bond acceptors (Lipinski definition) is 16. The number of nitrogens with zero attached hydrogens (tertiary/aromatic N) is 12. The highest BCUT2D eigenvalue weighted by atomic mass is 16.2. The number of nitrogens with two attached hydrogens (primary N) is 4. The first-order valence-electron chi connectivity index (χ1n) is 22.8. The molecule has 0 aliphatic heterocycles. The average Bonchev–Trinajstić information content (AvgIpc) is 4.01. The third-order valence-corrected chi connectivity index (χ3v) is 10.8. The molecule has 366 valence electrons. The second-order valence-corrected chi connectivity index (χ2v) is 14.9. The number of aromatic nitrogens is 15. The van der Waals surface area contributed by atoms with Crippen molar-refractivity contribution in [2.75, 3.05) is 22.9 Å². The van der Waals surface area contributed by atoms with E-state index in [1.807, 2.05) is 70.7 Å². The van der Waals surface area contributed by atoms with Crippen molar-refractivity contribution in [2.45, 2.75) is 134 Å². The van der Waals surface area contributed by atoms with Gasteiger partial charge in [0.15, 0.2) is 28.1 Å². The SMILES string of the molecule is CCc1cn(CC)c(=O)[nH]c1=O.CCc1cn(CC)c(=O)nc1N.CCc1cn(CC)c2nc(N)[nH]c(=O)c12.CCc1nc2c(=O)[nH]c(N)nc2n1CC.CCc1nc2c(N)ncnc2n1CC. The average molecular weight is 940 g/mol. The Labute approximate surface area is 391 Å². The van der Waals surface area contributed by atoms with E-state index in [0.29, 0.717) is 64.4 Å². The number of rotatable bonds is 10. The molecular formula is C44H65N19O5. The van der Waals surface area contributed by atoms with E-state index in [1.165, 1.54) is 10.9 Å². The Balaban J connectivity index is 0.000000186. The summed E-state index contributed by atoms with van der Waals surface area (Å²) in [7, 11) is 0. The molecule has 8 heterocycles. The number of H-pyrrole nitrogens is 3. The Morgan fingerprint density at radius 2 is 0.971 bits per heavy atom. The molecule has 68 heavy (non-hydrogen) atoms. The van der Waals surface area contributed by atoms with Gasteiger partial charge in [0.2, 0.25) is 11.9 Å². The van der Waals surface area contributed by atoms with Gasteiger partial charge in [0.1, 0.15) is 29.4 Å². The number of aryl methyl sites for hydroxylation is 10. The largest absolute Gasteiger partial charge is 0.383 e. The van der Waals surface area contributed by atoms with Gasteiger partial charge in [-0.25, -0.2) is 29.5 Å². The standard InChI is InChI=1S/C10H14N4O.C9H13N5O.C9H13N5.C8H13N3O.C8H12N2O2/c1-3-6-5-14(4-2)8-7(6)9(15)13-10(11)12-8;1-3-5-11-6-7(14(5)4-2)12-9(10)13-8(6)15;1-3-6-13-7-8(10)11-5-12-9(7)14(6)4-2;1-3-6-5-11(4-2)8(12)10-7(6)9;1-3-6-5-10(4-2)8(12)9-7(6)11/h5H,3-4H2,1-2H3,(H3,11,12,13,15);3-4H2,1-2H3,(H3,10,12,13,15);5H,3-4H2,1-2H3,(H2,10,11,12);5H,3-4H2,1-2H3,(H2,9,10,12);5H,3-4H2,1-2H3,(H,9,11,12). The lowest BCUT2D eigenvalue weighted by Gasteiger charge is -2.05. The van der Waals surface area contributed by atoms with Gasteiger partial charge in [0.05, 0.1) is 5.39 Å². The van der Waals surface area contributed by atoms with Gasteiger partial charge < -0.3 is 41.2 Å². The Bertz CT molecular complexity index is 3230. The van der Waals surface area contributed by atoms with Gasteiger partial charge in [0.25, 0.3) is 16.7 Å². The minimum absolute atomic E-state index is 0.129. The van der Waals surface area contributed by atoms with Crippen LogP contribution in [0.2, 0.25) is 0 Å². The number of hydrogen-bond donors (Lipinski definition) is 7. The Morgan fingerprint density at radius 3 is 1.51 bits per heavy atom. The predicted octanol–water partition coefficient (Wildman–Crippen LogP) is 2.69. The van der Waals surface area contributed by atoms with E-state index < -0.39 is 0 Å². The van der Waals surface area contributed by atoms with Crippen LogP contribution in [-0.4, -0.2) is 72.7 Å². The van der Waals surface area contributed by atoms with E-state index in [9.17, 15) is 24.0 Å². The summed E-state index contributed by atoms with van der Waals surface area (Å²) < 4.78 is 8.95. The van der Waals surface area contributed by atoms with Crippen LogP contribution < -0.4 is 51.0 Å². The van der Waals surface area contributed by atoms with Crippen molar-refractivity contribution in [2.24, 2.45) is 0 Å². The molecule has 0 atom stereocenters. The first-order valence-corrected chi connectivity index (χ1v) is 22.8. The van der Waals surface area contributed by atoms with Crippen LogP contribution in [0.3, 0.4) is 0 Å². The van der Waals surface area contributed by atoms with Crippen LogP contribution in [0.5, 0.6) is 0 Å². The van der Waals surface area contributed by atoms with E-state index in [0.717, 1.165) is 73.7 Å². The fraction of sp³-hybridized carbons (Fsp3) is 0.455. The zero-order valence-corrected chi connectivity index (χ0v) is 40.6. The molecule has 0 radical (unpaired) electrons. The van der Waals surface area contributed by atoms with Crippen LogP contribution in [0, 0.1) is 0 Å². The monoisotopic (exact) mass is 940 g/mol. The normalized spacial score (nSPS) is 10.7. The van der Waals surface area contributed by atoms with Gasteiger partial charge in [0, 0.05) is 75.3 Å². The van der Waals surface area contributed by atoms with Crippen LogP contribution in [-0.2, 0) is 64.8 Å². The van der Waals surface area contributed by atoms with E-state index in [4.69, 9.17) is 22.9 Å². The Hall–Kier alpha value is -7.92. The summed E-state index contributed by atoms with van der Waals surface area (Å²) in [5.41, 5.74) is 26.7. The van der Waals surface area contributed by atoms with Crippen LogP contribution >= 0.6 is 0 Å². The van der Waals surface area contributed by atoms with E-state index in [2.05, 4.69) is 68.3 Å². The maximum atomic E-state index is 11.7. The molecule has 11 N–H and O–H groups in total. The summed E-state index contributed by atoms with van der Waals surface area (Å²) in [6.45, 7) is 23.4. The molecule has 24 heteroatoms. The van der Waals surface area contributed by atoms with E-state index in [-0.39, 0.29) is 40.0 Å². The van der Waals surface area contributed by atoms with Crippen molar-refractivity contribution in [3.63, 3.8) is 0 Å². The maximum absolute atomic E-state index is 11.7. The first kappa shape index (κ1) is 52.7. The van der Waals surface area contributed by atoms with Crippen molar-refractivity contribution < 1.29 is 0 Å². The summed E-state index contributed by atoms with van der Waals surface area (Å²) in [4.78, 5) is 92.4. The van der Waals surface area contributed by atoms with Crippen LogP contribution in [0.1, 0.15) is 97.6 Å². The van der Waals surface area contributed by atoms with Crippen LogP contribution in [0.4, 0.5) is 23.5 Å². The number of fused-ring (bicyclic) bond motifs is 3. The third-order valence-electron chi connectivity index (χ3n) is 10.8. The highest BCUT2D eigenvalue weighted by molar-refractivity contribution is 5.82. The molecule has 0 bridgehead atoms. The molecule has 0 saturated heterocycles. The summed E-state index contributed by atoms with van der Waals surface area (Å²) >= 11 is 0. The zero-order chi connectivity index (χ0) is 50.4. The summed E-state index contributed by atoms with van der Waals surface area (Å²) in [5, 5.41) is 0.661.